The molecule has 0 unspecified atom stereocenters. The van der Waals surface area contributed by atoms with Crippen molar-refractivity contribution in [2.24, 2.45) is 0 Å². The van der Waals surface area contributed by atoms with Crippen molar-refractivity contribution < 1.29 is 23.9 Å². The van der Waals surface area contributed by atoms with Crippen LogP contribution in [0.3, 0.4) is 0 Å². The van der Waals surface area contributed by atoms with Crippen LogP contribution in [-0.2, 0) is 25.7 Å². The Kier molecular flexibility index (Phi) is 5.36. The number of hydrogen-bond donors (Lipinski definition) is 2. The number of amides is 2. The molecule has 156 valence electrons. The number of hydrogen-bond acceptors (Lipinski definition) is 5. The van der Waals surface area contributed by atoms with Crippen LogP contribution in [0.2, 0.25) is 0 Å². The van der Waals surface area contributed by atoms with Crippen LogP contribution in [0.15, 0.2) is 66.5 Å². The zero-order valence-corrected chi connectivity index (χ0v) is 16.7. The summed E-state index contributed by atoms with van der Waals surface area (Å²) < 4.78 is 6.62. The minimum Gasteiger partial charge on any atom is -0.456 e. The Morgan fingerprint density at radius 3 is 2.52 bits per heavy atom. The van der Waals surface area contributed by atoms with Crippen LogP contribution in [0, 0.1) is 0 Å². The van der Waals surface area contributed by atoms with Gasteiger partial charge in [-0.25, -0.2) is 4.79 Å². The summed E-state index contributed by atoms with van der Waals surface area (Å²) in [6.45, 7) is 1.81. The van der Waals surface area contributed by atoms with Gasteiger partial charge in [0.1, 0.15) is 6.61 Å². The summed E-state index contributed by atoms with van der Waals surface area (Å²) in [5.41, 5.74) is 2.72. The number of ether oxygens (including phenoxy) is 1. The third-order valence-corrected chi connectivity index (χ3v) is 4.78. The highest BCUT2D eigenvalue weighted by molar-refractivity contribution is 6.45. The van der Waals surface area contributed by atoms with Gasteiger partial charge in [0, 0.05) is 42.3 Å². The summed E-state index contributed by atoms with van der Waals surface area (Å²) in [6, 6.07) is 14.9. The maximum atomic E-state index is 13.0. The highest BCUT2D eigenvalue weighted by Gasteiger charge is 2.24. The van der Waals surface area contributed by atoms with Crippen LogP contribution in [-0.4, -0.2) is 34.7 Å². The molecule has 8 heteroatoms. The lowest BCUT2D eigenvalue weighted by Gasteiger charge is -2.07. The normalized spacial score (nSPS) is 12.9. The SMILES string of the molecule is CC(=O)Nc1ccc2c(c1)c(C(=O)C(=O)NC1=CC(=O)OC1)cn2Cc1ccccc1. The summed E-state index contributed by atoms with van der Waals surface area (Å²) in [7, 11) is 0. The Labute approximate surface area is 177 Å². The minimum atomic E-state index is -0.867. The molecule has 0 aliphatic carbocycles. The lowest BCUT2D eigenvalue weighted by molar-refractivity contribution is -0.135. The number of benzene rings is 2. The molecule has 0 saturated heterocycles. The number of anilines is 1. The lowest BCUT2D eigenvalue weighted by atomic mass is 10.1. The van der Waals surface area contributed by atoms with Gasteiger partial charge in [-0.1, -0.05) is 30.3 Å². The smallest absolute Gasteiger partial charge is 0.333 e. The van der Waals surface area contributed by atoms with E-state index in [4.69, 9.17) is 4.74 Å². The molecular weight excluding hydrogens is 398 g/mol. The minimum absolute atomic E-state index is 0.0830. The van der Waals surface area contributed by atoms with Gasteiger partial charge in [-0.3, -0.25) is 14.4 Å². The predicted octanol–water partition coefficient (Wildman–Crippen LogP) is 2.39. The molecule has 0 saturated carbocycles. The highest BCUT2D eigenvalue weighted by atomic mass is 16.5. The van der Waals surface area contributed by atoms with Gasteiger partial charge < -0.3 is 19.9 Å². The van der Waals surface area contributed by atoms with Crippen LogP contribution in [0.5, 0.6) is 0 Å². The molecule has 4 rings (SSSR count). The predicted molar refractivity (Wildman–Crippen MR) is 113 cm³/mol. The molecule has 8 nitrogen and oxygen atoms in total. The fourth-order valence-corrected chi connectivity index (χ4v) is 3.44. The summed E-state index contributed by atoms with van der Waals surface area (Å²) in [4.78, 5) is 48.1. The van der Waals surface area contributed by atoms with Crippen molar-refractivity contribution in [1.29, 1.82) is 0 Å². The number of cyclic esters (lactones) is 1. The maximum absolute atomic E-state index is 13.0. The van der Waals surface area contributed by atoms with E-state index in [-0.39, 0.29) is 23.8 Å². The number of Topliss-reactive ketones (excluding diaryl/α,β-unsaturated/α-hetero) is 1. The van der Waals surface area contributed by atoms with Gasteiger partial charge in [0.15, 0.2) is 0 Å². The number of nitrogens with one attached hydrogen (secondary N) is 2. The van der Waals surface area contributed by atoms with E-state index in [9.17, 15) is 19.2 Å². The van der Waals surface area contributed by atoms with Crippen molar-refractivity contribution in [1.82, 2.24) is 9.88 Å². The van der Waals surface area contributed by atoms with Gasteiger partial charge >= 0.3 is 5.97 Å². The molecule has 1 aromatic heterocycles. The van der Waals surface area contributed by atoms with E-state index in [1.165, 1.54) is 6.92 Å². The van der Waals surface area contributed by atoms with Gasteiger partial charge in [-0.2, -0.15) is 0 Å². The Balaban J connectivity index is 1.72. The van der Waals surface area contributed by atoms with Crippen LogP contribution >= 0.6 is 0 Å². The van der Waals surface area contributed by atoms with Crippen LogP contribution in [0.25, 0.3) is 10.9 Å². The molecule has 0 radical (unpaired) electrons. The Morgan fingerprint density at radius 1 is 1.06 bits per heavy atom. The first-order valence-corrected chi connectivity index (χ1v) is 9.58. The number of rotatable bonds is 6. The zero-order valence-electron chi connectivity index (χ0n) is 16.7. The molecule has 2 amide bonds. The summed E-state index contributed by atoms with van der Waals surface area (Å²) in [6.07, 6.45) is 2.76. The van der Waals surface area contributed by atoms with Crippen molar-refractivity contribution in [3.8, 4) is 0 Å². The first-order chi connectivity index (χ1) is 14.9. The number of fused-ring (bicyclic) bond motifs is 1. The van der Waals surface area contributed by atoms with Gasteiger partial charge in [0.2, 0.25) is 5.91 Å². The maximum Gasteiger partial charge on any atom is 0.333 e. The number of ketones is 1. The Hall–Kier alpha value is -4.20. The number of nitrogens with zero attached hydrogens (tertiary/aromatic N) is 1. The van der Waals surface area contributed by atoms with Gasteiger partial charge in [-0.05, 0) is 23.8 Å². The summed E-state index contributed by atoms with van der Waals surface area (Å²) in [5, 5.41) is 5.65. The van der Waals surface area contributed by atoms with E-state index in [1.54, 1.807) is 24.4 Å². The lowest BCUT2D eigenvalue weighted by Crippen LogP contribution is -2.31. The molecule has 3 aromatic rings. The molecular formula is C23H19N3O5. The van der Waals surface area contributed by atoms with Crippen molar-refractivity contribution >= 4 is 40.2 Å². The first-order valence-electron chi connectivity index (χ1n) is 9.58. The average Bonchev–Trinajstić information content (AvgIpc) is 3.31. The average molecular weight is 417 g/mol. The van der Waals surface area contributed by atoms with Crippen LogP contribution in [0.4, 0.5) is 5.69 Å². The Bertz CT molecular complexity index is 1240. The third kappa shape index (κ3) is 4.37. The number of carbonyl (C=O) groups is 4. The fourth-order valence-electron chi connectivity index (χ4n) is 3.44. The second-order valence-corrected chi connectivity index (χ2v) is 7.13. The second kappa shape index (κ2) is 8.27. The molecule has 1 aliphatic rings. The summed E-state index contributed by atoms with van der Waals surface area (Å²) >= 11 is 0. The van der Waals surface area contributed by atoms with Gasteiger partial charge in [0.25, 0.3) is 11.7 Å². The Morgan fingerprint density at radius 2 is 1.84 bits per heavy atom. The van der Waals surface area contributed by atoms with E-state index in [0.717, 1.165) is 17.2 Å². The molecule has 0 fully saturated rings. The zero-order chi connectivity index (χ0) is 22.0. The number of esters is 1. The molecule has 31 heavy (non-hydrogen) atoms. The van der Waals surface area contributed by atoms with E-state index in [1.807, 2.05) is 34.9 Å². The van der Waals surface area contributed by atoms with Crippen molar-refractivity contribution in [3.05, 3.63) is 77.6 Å². The highest BCUT2D eigenvalue weighted by Crippen LogP contribution is 2.27. The molecule has 2 N–H and O–H groups in total. The first kappa shape index (κ1) is 20.1. The van der Waals surface area contributed by atoms with Gasteiger partial charge in [0.05, 0.1) is 11.3 Å². The standard InChI is InChI=1S/C23H19N3O5/c1-14(27)24-16-7-8-20-18(9-16)19(12-26(20)11-15-5-3-2-4-6-15)22(29)23(30)25-17-10-21(28)31-13-17/h2-10,12H,11,13H2,1H3,(H,24,27)(H,25,30). The third-order valence-electron chi connectivity index (χ3n) is 4.78. The largest absolute Gasteiger partial charge is 0.456 e. The topological polar surface area (TPSA) is 106 Å². The molecule has 1 aliphatic heterocycles. The van der Waals surface area contributed by atoms with E-state index in [0.29, 0.717) is 17.6 Å². The molecule has 2 aromatic carbocycles. The second-order valence-electron chi connectivity index (χ2n) is 7.13. The van der Waals surface area contributed by atoms with Crippen molar-refractivity contribution in [3.63, 3.8) is 0 Å². The summed E-state index contributed by atoms with van der Waals surface area (Å²) in [5.74, 6) is -2.43. The fraction of sp³-hybridized carbons (Fsp3) is 0.130. The quantitative estimate of drug-likeness (QED) is 0.364. The molecule has 2 heterocycles. The van der Waals surface area contributed by atoms with Crippen molar-refractivity contribution in [2.45, 2.75) is 13.5 Å². The van der Waals surface area contributed by atoms with E-state index < -0.39 is 17.7 Å². The van der Waals surface area contributed by atoms with Crippen LogP contribution in [0.1, 0.15) is 22.8 Å². The molecule has 0 bridgehead atoms. The number of aromatic nitrogens is 1. The van der Waals surface area contributed by atoms with Crippen molar-refractivity contribution in [2.75, 3.05) is 11.9 Å². The van der Waals surface area contributed by atoms with Gasteiger partial charge in [-0.15, -0.1) is 0 Å². The number of carbonyl (C=O) groups excluding carboxylic acids is 4. The van der Waals surface area contributed by atoms with E-state index >= 15 is 0 Å². The monoisotopic (exact) mass is 417 g/mol. The molecule has 0 atom stereocenters. The van der Waals surface area contributed by atoms with E-state index in [2.05, 4.69) is 10.6 Å². The van der Waals surface area contributed by atoms with Crippen LogP contribution < -0.4 is 10.6 Å². The molecule has 0 spiro atoms.